The van der Waals surface area contributed by atoms with Gasteiger partial charge in [-0.15, -0.1) is 6.58 Å². The van der Waals surface area contributed by atoms with Crippen molar-refractivity contribution in [2.45, 2.75) is 0 Å². The molecule has 0 saturated heterocycles. The second kappa shape index (κ2) is 6.63. The van der Waals surface area contributed by atoms with Crippen LogP contribution in [0.3, 0.4) is 0 Å². The topological polar surface area (TPSA) is 37.8 Å². The Balaban J connectivity index is 2.36. The Bertz CT molecular complexity index is 335. The number of nitrogens with one attached hydrogen (secondary N) is 1. The van der Waals surface area contributed by atoms with Crippen LogP contribution in [0.1, 0.15) is 0 Å². The van der Waals surface area contributed by atoms with Crippen LogP contribution in [0.25, 0.3) is 0 Å². The molecule has 0 aliphatic rings. The number of hydrogen-bond acceptors (Lipinski definition) is 4. The van der Waals surface area contributed by atoms with Gasteiger partial charge in [0.25, 0.3) is 0 Å². The quantitative estimate of drug-likeness (QED) is 0.476. The van der Waals surface area contributed by atoms with Crippen molar-refractivity contribution in [3.05, 3.63) is 30.0 Å². The number of halogens is 2. The fourth-order valence-corrected chi connectivity index (χ4v) is 1.59. The molecule has 1 heterocycles. The monoisotopic (exact) mass is 247 g/mol. The first-order valence-electron chi connectivity index (χ1n) is 4.34. The van der Waals surface area contributed by atoms with Gasteiger partial charge in [0.15, 0.2) is 11.6 Å². The molecule has 6 heteroatoms. The van der Waals surface area contributed by atoms with E-state index in [4.69, 9.17) is 11.6 Å². The molecule has 0 aliphatic heterocycles. The van der Waals surface area contributed by atoms with Crippen molar-refractivity contribution in [3.63, 3.8) is 0 Å². The minimum absolute atomic E-state index is 0.0395. The summed E-state index contributed by atoms with van der Waals surface area (Å²) in [5.41, 5.74) is 0. The van der Waals surface area contributed by atoms with Crippen molar-refractivity contribution in [3.8, 4) is 0 Å². The van der Waals surface area contributed by atoms with Crippen LogP contribution in [0.15, 0.2) is 18.9 Å². The maximum absolute atomic E-state index is 13.1. The third-order valence-corrected chi connectivity index (χ3v) is 2.64. The SMILES string of the molecule is C=CCSCCNc1nc(Cl)ncc1F. The van der Waals surface area contributed by atoms with E-state index >= 15 is 0 Å². The van der Waals surface area contributed by atoms with E-state index in [0.717, 1.165) is 17.7 Å². The molecule has 1 aromatic rings. The molecule has 0 spiro atoms. The molecule has 0 saturated carbocycles. The van der Waals surface area contributed by atoms with E-state index in [1.54, 1.807) is 11.8 Å². The Hall–Kier alpha value is -0.810. The number of aromatic nitrogens is 2. The summed E-state index contributed by atoms with van der Waals surface area (Å²) >= 11 is 7.24. The first-order chi connectivity index (χ1) is 7.24. The number of anilines is 1. The molecular weight excluding hydrogens is 237 g/mol. The lowest BCUT2D eigenvalue weighted by atomic mass is 10.5. The summed E-state index contributed by atoms with van der Waals surface area (Å²) in [6, 6.07) is 0. The summed E-state index contributed by atoms with van der Waals surface area (Å²) in [4.78, 5) is 7.25. The third-order valence-electron chi connectivity index (χ3n) is 1.49. The van der Waals surface area contributed by atoms with Gasteiger partial charge in [0.2, 0.25) is 5.28 Å². The van der Waals surface area contributed by atoms with Crippen LogP contribution < -0.4 is 5.32 Å². The number of hydrogen-bond donors (Lipinski definition) is 1. The van der Waals surface area contributed by atoms with E-state index in [2.05, 4.69) is 21.9 Å². The highest BCUT2D eigenvalue weighted by atomic mass is 35.5. The molecule has 0 fully saturated rings. The van der Waals surface area contributed by atoms with Crippen molar-refractivity contribution in [1.29, 1.82) is 0 Å². The van der Waals surface area contributed by atoms with Crippen LogP contribution in [-0.4, -0.2) is 28.0 Å². The Kier molecular flexibility index (Phi) is 5.42. The standard InChI is InChI=1S/C9H11ClFN3S/c1-2-4-15-5-3-12-8-7(11)6-13-9(10)14-8/h2,6H,1,3-5H2,(H,12,13,14). The normalized spacial score (nSPS) is 10.0. The summed E-state index contributed by atoms with van der Waals surface area (Å²) in [5.74, 6) is 1.39. The van der Waals surface area contributed by atoms with Crippen molar-refractivity contribution in [2.24, 2.45) is 0 Å². The predicted octanol–water partition coefficient (Wildman–Crippen LogP) is 2.60. The van der Waals surface area contributed by atoms with Gasteiger partial charge in [-0.1, -0.05) is 6.08 Å². The molecular formula is C9H11ClFN3S. The smallest absolute Gasteiger partial charge is 0.224 e. The molecule has 1 N–H and O–H groups in total. The number of nitrogens with zero attached hydrogens (tertiary/aromatic N) is 2. The average Bonchev–Trinajstić information content (AvgIpc) is 2.23. The summed E-state index contributed by atoms with van der Waals surface area (Å²) in [7, 11) is 0. The van der Waals surface area contributed by atoms with Gasteiger partial charge in [-0.3, -0.25) is 0 Å². The van der Waals surface area contributed by atoms with Gasteiger partial charge >= 0.3 is 0 Å². The Morgan fingerprint density at radius 3 is 3.20 bits per heavy atom. The van der Waals surface area contributed by atoms with Crippen molar-refractivity contribution >= 4 is 29.2 Å². The molecule has 0 amide bonds. The molecule has 1 aromatic heterocycles. The summed E-state index contributed by atoms with van der Waals surface area (Å²) in [6.45, 7) is 4.23. The molecule has 0 unspecified atom stereocenters. The largest absolute Gasteiger partial charge is 0.367 e. The first-order valence-corrected chi connectivity index (χ1v) is 5.88. The van der Waals surface area contributed by atoms with Crippen LogP contribution in [0.4, 0.5) is 10.2 Å². The van der Waals surface area contributed by atoms with Gasteiger partial charge in [-0.25, -0.2) is 9.37 Å². The van der Waals surface area contributed by atoms with Crippen molar-refractivity contribution in [2.75, 3.05) is 23.4 Å². The minimum atomic E-state index is -0.492. The second-order valence-corrected chi connectivity index (χ2v) is 4.11. The molecule has 0 radical (unpaired) electrons. The molecule has 0 aliphatic carbocycles. The Morgan fingerprint density at radius 2 is 2.47 bits per heavy atom. The van der Waals surface area contributed by atoms with Crippen LogP contribution in [0, 0.1) is 5.82 Å². The molecule has 82 valence electrons. The molecule has 15 heavy (non-hydrogen) atoms. The van der Waals surface area contributed by atoms with Gasteiger partial charge in [-0.2, -0.15) is 16.7 Å². The lowest BCUT2D eigenvalue weighted by molar-refractivity contribution is 0.617. The predicted molar refractivity (Wildman–Crippen MR) is 63.0 cm³/mol. The van der Waals surface area contributed by atoms with Crippen molar-refractivity contribution < 1.29 is 4.39 Å². The van der Waals surface area contributed by atoms with Gasteiger partial charge in [0, 0.05) is 18.1 Å². The van der Waals surface area contributed by atoms with Crippen LogP contribution in [0.2, 0.25) is 5.28 Å². The van der Waals surface area contributed by atoms with E-state index in [-0.39, 0.29) is 11.1 Å². The Labute approximate surface area is 97.1 Å². The summed E-state index contributed by atoms with van der Waals surface area (Å²) in [6.07, 6.45) is 2.88. The van der Waals surface area contributed by atoms with Gasteiger partial charge < -0.3 is 5.32 Å². The fourth-order valence-electron chi connectivity index (χ4n) is 0.878. The number of thioether (sulfide) groups is 1. The fraction of sp³-hybridized carbons (Fsp3) is 0.333. The van der Waals surface area contributed by atoms with E-state index in [1.165, 1.54) is 0 Å². The molecule has 0 bridgehead atoms. The minimum Gasteiger partial charge on any atom is -0.367 e. The second-order valence-electron chi connectivity index (χ2n) is 2.63. The van der Waals surface area contributed by atoms with E-state index < -0.39 is 5.82 Å². The average molecular weight is 248 g/mol. The summed E-state index contributed by atoms with van der Waals surface area (Å²) < 4.78 is 13.1. The van der Waals surface area contributed by atoms with E-state index in [1.807, 2.05) is 6.08 Å². The Morgan fingerprint density at radius 1 is 1.67 bits per heavy atom. The zero-order valence-corrected chi connectivity index (χ0v) is 9.61. The maximum atomic E-state index is 13.1. The number of rotatable bonds is 6. The van der Waals surface area contributed by atoms with Gasteiger partial charge in [0.05, 0.1) is 6.20 Å². The summed E-state index contributed by atoms with van der Waals surface area (Å²) in [5, 5.41) is 2.89. The van der Waals surface area contributed by atoms with Crippen LogP contribution >= 0.6 is 23.4 Å². The molecule has 0 atom stereocenters. The highest BCUT2D eigenvalue weighted by Gasteiger charge is 2.04. The maximum Gasteiger partial charge on any atom is 0.224 e. The first kappa shape index (κ1) is 12.3. The molecule has 0 aromatic carbocycles. The molecule has 3 nitrogen and oxygen atoms in total. The van der Waals surface area contributed by atoms with E-state index in [0.29, 0.717) is 6.54 Å². The van der Waals surface area contributed by atoms with E-state index in [9.17, 15) is 4.39 Å². The lowest BCUT2D eigenvalue weighted by Crippen LogP contribution is -2.08. The zero-order valence-electron chi connectivity index (χ0n) is 8.04. The highest BCUT2D eigenvalue weighted by Crippen LogP contribution is 2.11. The van der Waals surface area contributed by atoms with Crippen LogP contribution in [-0.2, 0) is 0 Å². The van der Waals surface area contributed by atoms with Crippen LogP contribution in [0.5, 0.6) is 0 Å². The van der Waals surface area contributed by atoms with Crippen molar-refractivity contribution in [1.82, 2.24) is 9.97 Å². The van der Waals surface area contributed by atoms with Gasteiger partial charge in [0.1, 0.15) is 0 Å². The molecule has 1 rings (SSSR count). The van der Waals surface area contributed by atoms with Gasteiger partial charge in [-0.05, 0) is 11.6 Å². The lowest BCUT2D eigenvalue weighted by Gasteiger charge is -2.05. The highest BCUT2D eigenvalue weighted by molar-refractivity contribution is 7.99. The third kappa shape index (κ3) is 4.48. The zero-order chi connectivity index (χ0) is 11.1.